The molecular weight excluding hydrogens is 566 g/mol. The van der Waals surface area contributed by atoms with E-state index in [2.05, 4.69) is 0 Å². The molecular formula is C30H39NO12. The maximum absolute atomic E-state index is 5.94. The first-order chi connectivity index (χ1) is 20.8. The van der Waals surface area contributed by atoms with Crippen molar-refractivity contribution in [3.05, 3.63) is 18.2 Å². The summed E-state index contributed by atoms with van der Waals surface area (Å²) in [5.41, 5.74) is 1.24. The standard InChI is InChI=1S/C30H39NO12/c1-32-19-13-16(22(35-4)28(41-10)25(19)38-7)31(17-14-20(33-2)26(39-8)29(42-11)23(17)36-5)18-15-21(34-3)27(40-9)30(43-12)24(18)37-6/h13-15H,1-12H3. The van der Waals surface area contributed by atoms with E-state index in [1.54, 1.807) is 23.1 Å². The Hall–Kier alpha value is -4.94. The summed E-state index contributed by atoms with van der Waals surface area (Å²) in [4.78, 5) is 1.76. The smallest absolute Gasteiger partial charge is 0.209 e. The van der Waals surface area contributed by atoms with Crippen molar-refractivity contribution in [3.8, 4) is 69.0 Å². The molecule has 13 nitrogen and oxygen atoms in total. The number of hydrogen-bond acceptors (Lipinski definition) is 13. The fourth-order valence-electron chi connectivity index (χ4n) is 4.83. The van der Waals surface area contributed by atoms with E-state index >= 15 is 0 Å². The zero-order chi connectivity index (χ0) is 31.8. The van der Waals surface area contributed by atoms with Gasteiger partial charge in [0.25, 0.3) is 0 Å². The largest absolute Gasteiger partial charge is 0.493 e. The van der Waals surface area contributed by atoms with Crippen LogP contribution in [0.2, 0.25) is 0 Å². The molecule has 0 saturated carbocycles. The number of methoxy groups -OCH3 is 12. The van der Waals surface area contributed by atoms with E-state index in [0.29, 0.717) is 51.6 Å². The van der Waals surface area contributed by atoms with Crippen molar-refractivity contribution >= 4 is 17.1 Å². The van der Waals surface area contributed by atoms with Crippen LogP contribution in [0.1, 0.15) is 0 Å². The summed E-state index contributed by atoms with van der Waals surface area (Å²) >= 11 is 0. The first-order valence-electron chi connectivity index (χ1n) is 12.8. The molecule has 3 aromatic rings. The van der Waals surface area contributed by atoms with Gasteiger partial charge in [-0.15, -0.1) is 0 Å². The lowest BCUT2D eigenvalue weighted by atomic mass is 10.1. The molecule has 0 aromatic heterocycles. The Labute approximate surface area is 251 Å². The van der Waals surface area contributed by atoms with Crippen molar-refractivity contribution in [1.82, 2.24) is 0 Å². The van der Waals surface area contributed by atoms with Gasteiger partial charge in [-0.05, 0) is 0 Å². The van der Waals surface area contributed by atoms with Gasteiger partial charge >= 0.3 is 0 Å². The lowest BCUT2D eigenvalue weighted by molar-refractivity contribution is 0.303. The number of hydrogen-bond donors (Lipinski definition) is 0. The van der Waals surface area contributed by atoms with Crippen molar-refractivity contribution in [3.63, 3.8) is 0 Å². The first-order valence-corrected chi connectivity index (χ1v) is 12.8. The van der Waals surface area contributed by atoms with Crippen LogP contribution in [0.25, 0.3) is 0 Å². The molecule has 0 amide bonds. The van der Waals surface area contributed by atoms with Crippen molar-refractivity contribution < 1.29 is 56.8 Å². The van der Waals surface area contributed by atoms with Crippen LogP contribution in [0, 0.1) is 0 Å². The van der Waals surface area contributed by atoms with Crippen LogP contribution in [0.4, 0.5) is 17.1 Å². The van der Waals surface area contributed by atoms with Crippen LogP contribution in [0.3, 0.4) is 0 Å². The molecule has 0 aliphatic heterocycles. The van der Waals surface area contributed by atoms with E-state index in [0.717, 1.165) is 0 Å². The van der Waals surface area contributed by atoms with Gasteiger partial charge in [-0.1, -0.05) is 0 Å². The molecule has 0 aliphatic carbocycles. The molecule has 0 heterocycles. The van der Waals surface area contributed by atoms with Gasteiger partial charge in [-0.3, -0.25) is 4.90 Å². The first kappa shape index (κ1) is 32.6. The molecule has 3 aromatic carbocycles. The Kier molecular flexibility index (Phi) is 10.8. The number of nitrogens with zero attached hydrogens (tertiary/aromatic N) is 1. The quantitative estimate of drug-likeness (QED) is 0.225. The van der Waals surface area contributed by atoms with E-state index in [1.807, 2.05) is 0 Å². The Bertz CT molecular complexity index is 1260. The Morgan fingerprint density at radius 3 is 0.651 bits per heavy atom. The van der Waals surface area contributed by atoms with Crippen LogP contribution in [0.15, 0.2) is 18.2 Å². The summed E-state index contributed by atoms with van der Waals surface area (Å²) in [5, 5.41) is 0. The van der Waals surface area contributed by atoms with Crippen LogP contribution in [0.5, 0.6) is 69.0 Å². The molecule has 0 spiro atoms. The number of benzene rings is 3. The molecule has 0 aliphatic rings. The van der Waals surface area contributed by atoms with Crippen molar-refractivity contribution in [1.29, 1.82) is 0 Å². The van der Waals surface area contributed by atoms with E-state index in [9.17, 15) is 0 Å². The topological polar surface area (TPSA) is 114 Å². The molecule has 0 fully saturated rings. The normalized spacial score (nSPS) is 10.3. The third-order valence-electron chi connectivity index (χ3n) is 6.63. The second-order valence-corrected chi connectivity index (χ2v) is 8.43. The minimum atomic E-state index is 0.266. The van der Waals surface area contributed by atoms with Crippen molar-refractivity contribution in [2.75, 3.05) is 90.2 Å². The highest BCUT2D eigenvalue weighted by molar-refractivity contribution is 5.93. The zero-order valence-electron chi connectivity index (χ0n) is 26.6. The third kappa shape index (κ3) is 5.49. The predicted molar refractivity (Wildman–Crippen MR) is 160 cm³/mol. The van der Waals surface area contributed by atoms with Crippen LogP contribution in [-0.4, -0.2) is 85.3 Å². The lowest BCUT2D eigenvalue weighted by Gasteiger charge is -2.32. The SMILES string of the molecule is COc1cc(N(c2cc(OC)c(OC)c(OC)c2OC)c2cc(OC)c(OC)c(OC)c2OC)c(OC)c(OC)c1OC. The molecule has 0 bridgehead atoms. The molecule has 0 atom stereocenters. The number of rotatable bonds is 15. The minimum absolute atomic E-state index is 0.266. The van der Waals surface area contributed by atoms with Crippen molar-refractivity contribution in [2.45, 2.75) is 0 Å². The molecule has 0 unspecified atom stereocenters. The summed E-state index contributed by atoms with van der Waals surface area (Å²) < 4.78 is 69.2. The minimum Gasteiger partial charge on any atom is -0.493 e. The maximum atomic E-state index is 5.94. The molecule has 13 heteroatoms. The number of anilines is 3. The molecule has 43 heavy (non-hydrogen) atoms. The number of ether oxygens (including phenoxy) is 12. The van der Waals surface area contributed by atoms with Crippen LogP contribution < -0.4 is 61.7 Å². The second kappa shape index (κ2) is 14.3. The molecule has 0 radical (unpaired) electrons. The fourth-order valence-corrected chi connectivity index (χ4v) is 4.83. The Balaban J connectivity index is 2.72. The summed E-state index contributed by atoms with van der Waals surface area (Å²) in [6.45, 7) is 0. The highest BCUT2D eigenvalue weighted by atomic mass is 16.6. The van der Waals surface area contributed by atoms with E-state index < -0.39 is 0 Å². The van der Waals surface area contributed by atoms with Gasteiger partial charge < -0.3 is 56.8 Å². The highest BCUT2D eigenvalue weighted by Gasteiger charge is 2.35. The summed E-state index contributed by atoms with van der Waals surface area (Å²) in [5.74, 6) is 3.64. The average Bonchev–Trinajstić information content (AvgIpc) is 3.05. The molecule has 236 valence electrons. The lowest BCUT2D eigenvalue weighted by Crippen LogP contribution is -2.16. The van der Waals surface area contributed by atoms with E-state index in [4.69, 9.17) is 56.8 Å². The van der Waals surface area contributed by atoms with Gasteiger partial charge in [0, 0.05) is 18.2 Å². The monoisotopic (exact) mass is 605 g/mol. The zero-order valence-corrected chi connectivity index (χ0v) is 26.6. The average molecular weight is 606 g/mol. The predicted octanol–water partition coefficient (Wildman–Crippen LogP) is 5.26. The Morgan fingerprint density at radius 1 is 0.279 bits per heavy atom. The van der Waals surface area contributed by atoms with Crippen LogP contribution in [-0.2, 0) is 0 Å². The summed E-state index contributed by atoms with van der Waals surface area (Å²) in [6.07, 6.45) is 0. The van der Waals surface area contributed by atoms with Gasteiger partial charge in [0.15, 0.2) is 34.5 Å². The Morgan fingerprint density at radius 2 is 0.488 bits per heavy atom. The highest BCUT2D eigenvalue weighted by Crippen LogP contribution is 2.61. The summed E-state index contributed by atoms with van der Waals surface area (Å²) in [7, 11) is 18.0. The van der Waals surface area contributed by atoms with Gasteiger partial charge in [0.2, 0.25) is 34.5 Å². The van der Waals surface area contributed by atoms with Gasteiger partial charge in [0.05, 0.1) is 102 Å². The fraction of sp³-hybridized carbons (Fsp3) is 0.400. The summed E-state index contributed by atoms with van der Waals surface area (Å²) in [6, 6.07) is 5.14. The third-order valence-corrected chi connectivity index (χ3v) is 6.63. The van der Waals surface area contributed by atoms with Gasteiger partial charge in [-0.2, -0.15) is 0 Å². The van der Waals surface area contributed by atoms with E-state index in [1.165, 1.54) is 85.3 Å². The molecule has 0 N–H and O–H groups in total. The second-order valence-electron chi connectivity index (χ2n) is 8.43. The van der Waals surface area contributed by atoms with Crippen molar-refractivity contribution in [2.24, 2.45) is 0 Å². The molecule has 3 rings (SSSR count). The van der Waals surface area contributed by atoms with Gasteiger partial charge in [-0.25, -0.2) is 0 Å². The van der Waals surface area contributed by atoms with Gasteiger partial charge in [0.1, 0.15) is 0 Å². The van der Waals surface area contributed by atoms with E-state index in [-0.39, 0.29) is 34.5 Å². The molecule has 0 saturated heterocycles. The van der Waals surface area contributed by atoms with Crippen LogP contribution >= 0.6 is 0 Å². The maximum Gasteiger partial charge on any atom is 0.209 e.